The third kappa shape index (κ3) is 3.92. The molecule has 0 bridgehead atoms. The van der Waals surface area contributed by atoms with Crippen molar-refractivity contribution in [2.45, 2.75) is 26.9 Å². The summed E-state index contributed by atoms with van der Waals surface area (Å²) in [5, 5.41) is 11.0. The van der Waals surface area contributed by atoms with Crippen LogP contribution in [0.25, 0.3) is 0 Å². The van der Waals surface area contributed by atoms with Gasteiger partial charge in [-0.15, -0.1) is 0 Å². The lowest BCUT2D eigenvalue weighted by Crippen LogP contribution is -2.07. The van der Waals surface area contributed by atoms with Crippen molar-refractivity contribution in [3.05, 3.63) is 52.2 Å². The average molecular weight is 288 g/mol. The first-order chi connectivity index (χ1) is 9.95. The van der Waals surface area contributed by atoms with Crippen molar-refractivity contribution in [3.8, 4) is 17.4 Å². The number of aryl methyl sites for hydroxylation is 1. The molecule has 1 aromatic carbocycles. The molecule has 0 amide bonds. The zero-order chi connectivity index (χ0) is 15.4. The molecule has 0 aliphatic rings. The number of benzene rings is 1. The molecule has 0 saturated heterocycles. The van der Waals surface area contributed by atoms with Crippen LogP contribution in [0.4, 0.5) is 5.69 Å². The highest BCUT2D eigenvalue weighted by Crippen LogP contribution is 2.33. The van der Waals surface area contributed by atoms with E-state index in [1.807, 2.05) is 13.0 Å². The minimum absolute atomic E-state index is 0.0899. The van der Waals surface area contributed by atoms with Crippen molar-refractivity contribution in [1.29, 1.82) is 0 Å². The third-order valence-electron chi connectivity index (χ3n) is 2.60. The van der Waals surface area contributed by atoms with Crippen molar-refractivity contribution < 1.29 is 14.4 Å². The van der Waals surface area contributed by atoms with Gasteiger partial charge in [-0.2, -0.15) is 0 Å². The Kier molecular flexibility index (Phi) is 4.37. The second-order valence-corrected chi connectivity index (χ2v) is 4.83. The monoisotopic (exact) mass is 288 g/mol. The smallest absolute Gasteiger partial charge is 0.311 e. The second kappa shape index (κ2) is 6.21. The lowest BCUT2D eigenvalue weighted by Gasteiger charge is -2.11. The standard InChI is InChI=1S/C15H16N2O4/c1-10(2)20-14-8-12(5-6-13(14)17(18)19)21-15-7-4-11(3)9-16-15/h4-10H,1-3H3. The predicted molar refractivity (Wildman–Crippen MR) is 77.9 cm³/mol. The second-order valence-electron chi connectivity index (χ2n) is 4.83. The maximum Gasteiger partial charge on any atom is 0.311 e. The maximum absolute atomic E-state index is 11.0. The molecular weight excluding hydrogens is 272 g/mol. The lowest BCUT2D eigenvalue weighted by molar-refractivity contribution is -0.386. The molecule has 0 spiro atoms. The summed E-state index contributed by atoms with van der Waals surface area (Å²) < 4.78 is 11.0. The predicted octanol–water partition coefficient (Wildman–Crippen LogP) is 3.88. The van der Waals surface area contributed by atoms with Gasteiger partial charge >= 0.3 is 5.69 Å². The SMILES string of the molecule is Cc1ccc(Oc2ccc([N+](=O)[O-])c(OC(C)C)c2)nc1. The molecule has 0 radical (unpaired) electrons. The number of nitrogens with zero attached hydrogens (tertiary/aromatic N) is 2. The Morgan fingerprint density at radius 1 is 1.24 bits per heavy atom. The van der Waals surface area contributed by atoms with Gasteiger partial charge in [0.2, 0.25) is 11.6 Å². The van der Waals surface area contributed by atoms with Crippen LogP contribution in [0.5, 0.6) is 17.4 Å². The van der Waals surface area contributed by atoms with E-state index in [4.69, 9.17) is 9.47 Å². The number of hydrogen-bond donors (Lipinski definition) is 0. The van der Waals surface area contributed by atoms with E-state index in [1.165, 1.54) is 18.2 Å². The fourth-order valence-corrected chi connectivity index (χ4v) is 1.69. The Balaban J connectivity index is 2.28. The van der Waals surface area contributed by atoms with Gasteiger partial charge in [0.15, 0.2) is 0 Å². The topological polar surface area (TPSA) is 74.5 Å². The zero-order valence-electron chi connectivity index (χ0n) is 12.1. The first kappa shape index (κ1) is 14.8. The van der Waals surface area contributed by atoms with E-state index < -0.39 is 4.92 Å². The Morgan fingerprint density at radius 2 is 2.00 bits per heavy atom. The molecule has 1 aromatic heterocycles. The van der Waals surface area contributed by atoms with Crippen molar-refractivity contribution in [2.75, 3.05) is 0 Å². The molecule has 2 aromatic rings. The molecule has 2 rings (SSSR count). The van der Waals surface area contributed by atoms with Crippen LogP contribution in [-0.4, -0.2) is 16.0 Å². The van der Waals surface area contributed by atoms with Gasteiger partial charge in [-0.25, -0.2) is 4.98 Å². The number of ether oxygens (including phenoxy) is 2. The van der Waals surface area contributed by atoms with Gasteiger partial charge in [-0.1, -0.05) is 6.07 Å². The van der Waals surface area contributed by atoms with Gasteiger partial charge in [0.05, 0.1) is 11.0 Å². The highest BCUT2D eigenvalue weighted by Gasteiger charge is 2.17. The summed E-state index contributed by atoms with van der Waals surface area (Å²) in [7, 11) is 0. The largest absolute Gasteiger partial charge is 0.484 e. The quantitative estimate of drug-likeness (QED) is 0.616. The summed E-state index contributed by atoms with van der Waals surface area (Å²) in [5.41, 5.74) is 0.933. The summed E-state index contributed by atoms with van der Waals surface area (Å²) in [6, 6.07) is 7.99. The molecule has 6 heteroatoms. The van der Waals surface area contributed by atoms with Crippen LogP contribution < -0.4 is 9.47 Å². The van der Waals surface area contributed by atoms with Crippen LogP contribution in [0, 0.1) is 17.0 Å². The van der Waals surface area contributed by atoms with Gasteiger partial charge in [-0.3, -0.25) is 10.1 Å². The highest BCUT2D eigenvalue weighted by atomic mass is 16.6. The Labute approximate surface area is 122 Å². The Hall–Kier alpha value is -2.63. The number of nitro groups is 1. The van der Waals surface area contributed by atoms with Crippen molar-refractivity contribution in [2.24, 2.45) is 0 Å². The number of pyridine rings is 1. The number of nitro benzene ring substituents is 1. The summed E-state index contributed by atoms with van der Waals surface area (Å²) >= 11 is 0. The van der Waals surface area contributed by atoms with E-state index >= 15 is 0 Å². The minimum Gasteiger partial charge on any atom is -0.484 e. The van der Waals surface area contributed by atoms with Crippen LogP contribution in [0.1, 0.15) is 19.4 Å². The van der Waals surface area contributed by atoms with Crippen molar-refractivity contribution in [3.63, 3.8) is 0 Å². The molecule has 0 fully saturated rings. The van der Waals surface area contributed by atoms with Crippen LogP contribution in [0.3, 0.4) is 0 Å². The molecule has 21 heavy (non-hydrogen) atoms. The summed E-state index contributed by atoms with van der Waals surface area (Å²) in [4.78, 5) is 14.6. The molecule has 6 nitrogen and oxygen atoms in total. The van der Waals surface area contributed by atoms with Crippen LogP contribution >= 0.6 is 0 Å². The van der Waals surface area contributed by atoms with Gasteiger partial charge in [0.1, 0.15) is 5.75 Å². The highest BCUT2D eigenvalue weighted by molar-refractivity contribution is 5.51. The van der Waals surface area contributed by atoms with E-state index in [0.717, 1.165) is 5.56 Å². The summed E-state index contributed by atoms with van der Waals surface area (Å²) in [5.74, 6) is 1.04. The number of aromatic nitrogens is 1. The third-order valence-corrected chi connectivity index (χ3v) is 2.60. The normalized spacial score (nSPS) is 10.5. The van der Waals surface area contributed by atoms with E-state index in [2.05, 4.69) is 4.98 Å². The van der Waals surface area contributed by atoms with Crippen molar-refractivity contribution >= 4 is 5.69 Å². The molecule has 0 N–H and O–H groups in total. The Bertz CT molecular complexity index is 639. The van der Waals surface area contributed by atoms with E-state index in [9.17, 15) is 10.1 Å². The van der Waals surface area contributed by atoms with Gasteiger partial charge in [0.25, 0.3) is 0 Å². The fourth-order valence-electron chi connectivity index (χ4n) is 1.69. The first-order valence-corrected chi connectivity index (χ1v) is 6.51. The van der Waals surface area contributed by atoms with E-state index in [1.54, 1.807) is 26.1 Å². The van der Waals surface area contributed by atoms with Crippen LogP contribution in [0.15, 0.2) is 36.5 Å². The molecule has 1 heterocycles. The molecular formula is C15H16N2O4. The number of hydrogen-bond acceptors (Lipinski definition) is 5. The first-order valence-electron chi connectivity index (χ1n) is 6.51. The molecule has 0 aliphatic heterocycles. The zero-order valence-corrected chi connectivity index (χ0v) is 12.1. The van der Waals surface area contributed by atoms with Crippen molar-refractivity contribution in [1.82, 2.24) is 4.98 Å². The molecule has 0 atom stereocenters. The molecule has 110 valence electrons. The Morgan fingerprint density at radius 3 is 2.57 bits per heavy atom. The van der Waals surface area contributed by atoms with Crippen LogP contribution in [-0.2, 0) is 0 Å². The summed E-state index contributed by atoms with van der Waals surface area (Å²) in [6.45, 7) is 5.54. The molecule has 0 unspecified atom stereocenters. The number of rotatable bonds is 5. The summed E-state index contributed by atoms with van der Waals surface area (Å²) in [6.07, 6.45) is 1.52. The van der Waals surface area contributed by atoms with Crippen LogP contribution in [0.2, 0.25) is 0 Å². The fraction of sp³-hybridized carbons (Fsp3) is 0.267. The van der Waals surface area contributed by atoms with E-state index in [-0.39, 0.29) is 17.5 Å². The molecule has 0 saturated carbocycles. The van der Waals surface area contributed by atoms with E-state index in [0.29, 0.717) is 11.6 Å². The maximum atomic E-state index is 11.0. The average Bonchev–Trinajstić information content (AvgIpc) is 2.40. The lowest BCUT2D eigenvalue weighted by atomic mass is 10.2. The molecule has 0 aliphatic carbocycles. The minimum atomic E-state index is -0.481. The van der Waals surface area contributed by atoms with Gasteiger partial charge < -0.3 is 9.47 Å². The van der Waals surface area contributed by atoms with Gasteiger partial charge in [-0.05, 0) is 32.4 Å². The van der Waals surface area contributed by atoms with Gasteiger partial charge in [0, 0.05) is 24.4 Å².